The van der Waals surface area contributed by atoms with Gasteiger partial charge in [-0.05, 0) is 54.8 Å². The van der Waals surface area contributed by atoms with Crippen LogP contribution in [0.3, 0.4) is 0 Å². The van der Waals surface area contributed by atoms with Crippen molar-refractivity contribution in [3.05, 3.63) is 86.9 Å². The van der Waals surface area contributed by atoms with Gasteiger partial charge in [-0.25, -0.2) is 0 Å². The molecule has 3 rings (SSSR count). The summed E-state index contributed by atoms with van der Waals surface area (Å²) in [6.07, 6.45) is 0. The molecule has 28 heavy (non-hydrogen) atoms. The van der Waals surface area contributed by atoms with E-state index >= 15 is 0 Å². The average Bonchev–Trinajstić information content (AvgIpc) is 2.68. The first-order chi connectivity index (χ1) is 13.5. The minimum atomic E-state index is 0.315. The third kappa shape index (κ3) is 4.92. The topological polar surface area (TPSA) is 30.5 Å². The molecule has 0 aliphatic rings. The van der Waals surface area contributed by atoms with Crippen molar-refractivity contribution >= 4 is 28.9 Å². The van der Waals surface area contributed by atoms with Gasteiger partial charge >= 0.3 is 0 Å². The number of benzene rings is 3. The Morgan fingerprint density at radius 1 is 0.929 bits per heavy atom. The molecule has 0 unspecified atom stereocenters. The van der Waals surface area contributed by atoms with Gasteiger partial charge in [-0.15, -0.1) is 0 Å². The molecule has 0 fully saturated rings. The second-order valence-corrected chi connectivity index (χ2v) is 7.48. The van der Waals surface area contributed by atoms with E-state index in [2.05, 4.69) is 37.4 Å². The van der Waals surface area contributed by atoms with E-state index in [1.807, 2.05) is 36.4 Å². The predicted molar refractivity (Wildman–Crippen MR) is 117 cm³/mol. The number of halogens is 2. The van der Waals surface area contributed by atoms with Crippen molar-refractivity contribution in [3.8, 4) is 11.5 Å². The van der Waals surface area contributed by atoms with Crippen LogP contribution < -0.4 is 14.8 Å². The molecule has 0 heterocycles. The van der Waals surface area contributed by atoms with Gasteiger partial charge in [-0.1, -0.05) is 53.5 Å². The maximum absolute atomic E-state index is 6.49. The zero-order valence-corrected chi connectivity index (χ0v) is 17.7. The maximum Gasteiger partial charge on any atom is 0.180 e. The van der Waals surface area contributed by atoms with Gasteiger partial charge in [0.15, 0.2) is 11.5 Å². The molecule has 0 saturated heterocycles. The summed E-state index contributed by atoms with van der Waals surface area (Å²) in [4.78, 5) is 0. The molecular weight excluding hydrogens is 393 g/mol. The Labute approximate surface area is 176 Å². The van der Waals surface area contributed by atoms with Gasteiger partial charge in [0.05, 0.1) is 12.1 Å². The second-order valence-electron chi connectivity index (χ2n) is 6.66. The molecule has 3 aromatic rings. The Morgan fingerprint density at radius 2 is 1.71 bits per heavy atom. The van der Waals surface area contributed by atoms with E-state index in [0.29, 0.717) is 34.7 Å². The summed E-state index contributed by atoms with van der Waals surface area (Å²) in [5, 5.41) is 4.62. The fourth-order valence-electron chi connectivity index (χ4n) is 2.90. The Kier molecular flexibility index (Phi) is 6.71. The number of rotatable bonds is 7. The Balaban J connectivity index is 1.75. The quantitative estimate of drug-likeness (QED) is 0.459. The highest BCUT2D eigenvalue weighted by Gasteiger charge is 2.13. The number of nitrogens with one attached hydrogen (secondary N) is 1. The van der Waals surface area contributed by atoms with Crippen LogP contribution in [0.5, 0.6) is 11.5 Å². The minimum absolute atomic E-state index is 0.315. The zero-order chi connectivity index (χ0) is 20.1. The number of hydrogen-bond donors (Lipinski definition) is 1. The molecule has 0 aromatic heterocycles. The van der Waals surface area contributed by atoms with Gasteiger partial charge in [0.1, 0.15) is 6.61 Å². The van der Waals surface area contributed by atoms with E-state index in [1.54, 1.807) is 7.11 Å². The monoisotopic (exact) mass is 415 g/mol. The van der Waals surface area contributed by atoms with Crippen LogP contribution in [0, 0.1) is 13.8 Å². The highest BCUT2D eigenvalue weighted by molar-refractivity contribution is 6.32. The summed E-state index contributed by atoms with van der Waals surface area (Å²) in [6.45, 7) is 5.11. The molecule has 3 aromatic carbocycles. The fraction of sp³-hybridized carbons (Fsp3) is 0.217. The molecule has 0 radical (unpaired) electrons. The van der Waals surface area contributed by atoms with E-state index in [4.69, 9.17) is 32.7 Å². The molecule has 0 bridgehead atoms. The van der Waals surface area contributed by atoms with Gasteiger partial charge in [-0.3, -0.25) is 0 Å². The highest BCUT2D eigenvalue weighted by Crippen LogP contribution is 2.37. The molecule has 0 aliphatic heterocycles. The number of anilines is 1. The minimum Gasteiger partial charge on any atom is -0.493 e. The van der Waals surface area contributed by atoms with E-state index in [1.165, 1.54) is 11.1 Å². The molecule has 0 saturated carbocycles. The average molecular weight is 416 g/mol. The van der Waals surface area contributed by atoms with E-state index in [0.717, 1.165) is 16.8 Å². The summed E-state index contributed by atoms with van der Waals surface area (Å²) in [5.41, 5.74) is 5.42. The number of ether oxygens (including phenoxy) is 2. The van der Waals surface area contributed by atoms with Crippen molar-refractivity contribution in [3.63, 3.8) is 0 Å². The summed E-state index contributed by atoms with van der Waals surface area (Å²) >= 11 is 12.7. The molecule has 1 N–H and O–H groups in total. The van der Waals surface area contributed by atoms with Crippen LogP contribution in [0.4, 0.5) is 5.69 Å². The first kappa shape index (κ1) is 20.4. The van der Waals surface area contributed by atoms with Crippen LogP contribution in [-0.4, -0.2) is 7.11 Å². The molecule has 0 aliphatic carbocycles. The van der Waals surface area contributed by atoms with Gasteiger partial charge in [0.2, 0.25) is 0 Å². The normalized spacial score (nSPS) is 10.6. The van der Waals surface area contributed by atoms with Crippen molar-refractivity contribution in [2.24, 2.45) is 0 Å². The first-order valence-corrected chi connectivity index (χ1v) is 9.77. The number of aryl methyl sites for hydroxylation is 2. The van der Waals surface area contributed by atoms with Crippen LogP contribution in [0.15, 0.2) is 54.6 Å². The van der Waals surface area contributed by atoms with Crippen molar-refractivity contribution in [1.29, 1.82) is 0 Å². The van der Waals surface area contributed by atoms with E-state index < -0.39 is 0 Å². The smallest absolute Gasteiger partial charge is 0.180 e. The summed E-state index contributed by atoms with van der Waals surface area (Å²) in [5.74, 6) is 1.11. The summed E-state index contributed by atoms with van der Waals surface area (Å²) < 4.78 is 11.4. The Bertz CT molecular complexity index is 973. The van der Waals surface area contributed by atoms with Crippen molar-refractivity contribution in [1.82, 2.24) is 0 Å². The number of methoxy groups -OCH3 is 1. The summed E-state index contributed by atoms with van der Waals surface area (Å²) in [7, 11) is 1.61. The van der Waals surface area contributed by atoms with E-state index in [-0.39, 0.29) is 0 Å². The fourth-order valence-corrected chi connectivity index (χ4v) is 3.38. The van der Waals surface area contributed by atoms with Crippen LogP contribution in [0.25, 0.3) is 0 Å². The number of hydrogen-bond acceptors (Lipinski definition) is 3. The van der Waals surface area contributed by atoms with Gasteiger partial charge in [0.25, 0.3) is 0 Å². The lowest BCUT2D eigenvalue weighted by molar-refractivity contribution is 0.284. The molecule has 5 heteroatoms. The lowest BCUT2D eigenvalue weighted by Gasteiger charge is -2.16. The predicted octanol–water partition coefficient (Wildman–Crippen LogP) is 6.81. The van der Waals surface area contributed by atoms with Crippen molar-refractivity contribution in [2.45, 2.75) is 27.0 Å². The van der Waals surface area contributed by atoms with Crippen LogP contribution in [0.2, 0.25) is 10.0 Å². The molecule has 0 amide bonds. The van der Waals surface area contributed by atoms with Gasteiger partial charge in [0, 0.05) is 22.8 Å². The lowest BCUT2D eigenvalue weighted by Crippen LogP contribution is -2.04. The van der Waals surface area contributed by atoms with Crippen molar-refractivity contribution < 1.29 is 9.47 Å². The Morgan fingerprint density at radius 3 is 2.46 bits per heavy atom. The molecule has 146 valence electrons. The van der Waals surface area contributed by atoms with Crippen LogP contribution in [0.1, 0.15) is 22.3 Å². The van der Waals surface area contributed by atoms with Gasteiger partial charge < -0.3 is 14.8 Å². The molecule has 3 nitrogen and oxygen atoms in total. The van der Waals surface area contributed by atoms with Crippen molar-refractivity contribution in [2.75, 3.05) is 12.4 Å². The van der Waals surface area contributed by atoms with Crippen LogP contribution >= 0.6 is 23.2 Å². The zero-order valence-electron chi connectivity index (χ0n) is 16.2. The molecule has 0 atom stereocenters. The Hall–Kier alpha value is -2.36. The maximum atomic E-state index is 6.49. The third-order valence-electron chi connectivity index (χ3n) is 4.50. The van der Waals surface area contributed by atoms with Gasteiger partial charge in [-0.2, -0.15) is 0 Å². The largest absolute Gasteiger partial charge is 0.493 e. The molecular formula is C23H23Cl2NO2. The summed E-state index contributed by atoms with van der Waals surface area (Å²) in [6, 6.07) is 17.7. The lowest BCUT2D eigenvalue weighted by atomic mass is 10.1. The molecule has 0 spiro atoms. The van der Waals surface area contributed by atoms with E-state index in [9.17, 15) is 0 Å². The second kappa shape index (κ2) is 9.22. The van der Waals surface area contributed by atoms with Crippen LogP contribution in [-0.2, 0) is 13.2 Å². The standard InChI is InChI=1S/C23H23Cl2NO2/c1-15-8-9-16(2)21(10-15)26-13-17-11-20(25)23(22(12-17)27-3)28-14-18-6-4-5-7-19(18)24/h4-12,26H,13-14H2,1-3H3. The third-order valence-corrected chi connectivity index (χ3v) is 5.14. The first-order valence-electron chi connectivity index (χ1n) is 9.01. The highest BCUT2D eigenvalue weighted by atomic mass is 35.5. The SMILES string of the molecule is COc1cc(CNc2cc(C)ccc2C)cc(Cl)c1OCc1ccccc1Cl.